The van der Waals surface area contributed by atoms with Crippen molar-refractivity contribution >= 4 is 96.5 Å². The van der Waals surface area contributed by atoms with E-state index in [-0.39, 0.29) is 0 Å². The summed E-state index contributed by atoms with van der Waals surface area (Å²) in [6, 6.07) is 75.1. The summed E-state index contributed by atoms with van der Waals surface area (Å²) in [5, 5.41) is 14.7. The summed E-state index contributed by atoms with van der Waals surface area (Å²) < 4.78 is 9.16. The Bertz CT molecular complexity index is 3690. The summed E-state index contributed by atoms with van der Waals surface area (Å²) in [5.41, 5.74) is 9.18. The predicted molar refractivity (Wildman–Crippen MR) is 251 cm³/mol. The van der Waals surface area contributed by atoms with Crippen molar-refractivity contribution in [2.75, 3.05) is 0 Å². The average Bonchev–Trinajstić information content (AvgIpc) is 3.86. The number of thiophene rings is 1. The number of furan rings is 1. The van der Waals surface area contributed by atoms with E-state index in [1.165, 1.54) is 102 Å². The lowest BCUT2D eigenvalue weighted by atomic mass is 9.89. The van der Waals surface area contributed by atoms with Gasteiger partial charge in [0.2, 0.25) is 0 Å². The molecule has 0 aliphatic carbocycles. The van der Waals surface area contributed by atoms with Gasteiger partial charge in [-0.3, -0.25) is 0 Å². The monoisotopic (exact) mass is 754 g/mol. The van der Waals surface area contributed by atoms with Crippen LogP contribution in [-0.2, 0) is 0 Å². The van der Waals surface area contributed by atoms with Gasteiger partial charge in [-0.15, -0.1) is 11.3 Å². The molecule has 0 unspecified atom stereocenters. The first-order valence-corrected chi connectivity index (χ1v) is 20.7. The van der Waals surface area contributed by atoms with Crippen molar-refractivity contribution in [3.8, 4) is 33.4 Å². The molecule has 0 saturated heterocycles. The molecular formula is C56H34OS. The molecule has 0 amide bonds. The SMILES string of the molecule is c1cccc(-c2ccc(-c3ccc4c(c3)sc3c5ccccc5c5oc6ccccc6c5c43)c3ccccc23)c2ccccc2c(-c2cccc3ccccc23)cc1. The molecule has 12 aromatic rings. The van der Waals surface area contributed by atoms with Crippen molar-refractivity contribution in [2.24, 2.45) is 0 Å². The van der Waals surface area contributed by atoms with Crippen LogP contribution in [0.5, 0.6) is 0 Å². The fourth-order valence-electron chi connectivity index (χ4n) is 9.34. The summed E-state index contributed by atoms with van der Waals surface area (Å²) in [6.45, 7) is 0. The second-order valence-corrected chi connectivity index (χ2v) is 16.1. The average molecular weight is 755 g/mol. The van der Waals surface area contributed by atoms with Gasteiger partial charge in [-0.05, 0) is 77.8 Å². The van der Waals surface area contributed by atoms with Crippen LogP contribution in [0.25, 0.3) is 119 Å². The summed E-state index contributed by atoms with van der Waals surface area (Å²) in [5.74, 6) is 0. The smallest absolute Gasteiger partial charge is 0.143 e. The summed E-state index contributed by atoms with van der Waals surface area (Å²) in [4.78, 5) is 0. The Hall–Kier alpha value is -7.26. The molecule has 0 N–H and O–H groups in total. The van der Waals surface area contributed by atoms with E-state index in [9.17, 15) is 0 Å². The highest BCUT2D eigenvalue weighted by Gasteiger charge is 2.20. The molecule has 0 atom stereocenters. The van der Waals surface area contributed by atoms with Crippen molar-refractivity contribution in [2.45, 2.75) is 0 Å². The van der Waals surface area contributed by atoms with E-state index in [1.54, 1.807) is 0 Å². The summed E-state index contributed by atoms with van der Waals surface area (Å²) in [7, 11) is 0. The lowest BCUT2D eigenvalue weighted by molar-refractivity contribution is 0.673. The molecule has 0 radical (unpaired) electrons. The molecule has 1 nitrogen and oxygen atoms in total. The number of rotatable bonds is 3. The third-order valence-corrected chi connectivity index (χ3v) is 13.1. The van der Waals surface area contributed by atoms with Gasteiger partial charge in [-0.25, -0.2) is 0 Å². The van der Waals surface area contributed by atoms with Gasteiger partial charge in [-0.1, -0.05) is 194 Å². The van der Waals surface area contributed by atoms with E-state index >= 15 is 0 Å². The van der Waals surface area contributed by atoms with E-state index in [2.05, 4.69) is 206 Å². The van der Waals surface area contributed by atoms with Crippen molar-refractivity contribution in [1.82, 2.24) is 0 Å². The second-order valence-electron chi connectivity index (χ2n) is 15.1. The zero-order valence-corrected chi connectivity index (χ0v) is 32.3. The van der Waals surface area contributed by atoms with Crippen LogP contribution in [0.4, 0.5) is 0 Å². The van der Waals surface area contributed by atoms with Crippen LogP contribution < -0.4 is 0 Å². The van der Waals surface area contributed by atoms with Crippen molar-refractivity contribution in [1.29, 1.82) is 0 Å². The Morgan fingerprint density at radius 1 is 0.310 bits per heavy atom. The molecule has 0 saturated carbocycles. The zero-order chi connectivity index (χ0) is 38.2. The van der Waals surface area contributed by atoms with Crippen LogP contribution in [0.1, 0.15) is 0 Å². The van der Waals surface area contributed by atoms with Crippen molar-refractivity contribution in [3.63, 3.8) is 0 Å². The highest BCUT2D eigenvalue weighted by molar-refractivity contribution is 7.27. The van der Waals surface area contributed by atoms with Crippen molar-refractivity contribution < 1.29 is 4.42 Å². The molecule has 2 heterocycles. The molecular weight excluding hydrogens is 721 g/mol. The normalized spacial score (nSPS) is 11.8. The van der Waals surface area contributed by atoms with Gasteiger partial charge < -0.3 is 4.42 Å². The maximum atomic E-state index is 6.58. The topological polar surface area (TPSA) is 13.1 Å². The molecule has 58 heavy (non-hydrogen) atoms. The molecule has 0 fully saturated rings. The number of para-hydroxylation sites is 1. The molecule has 10 aromatic carbocycles. The van der Waals surface area contributed by atoms with E-state index in [4.69, 9.17) is 4.42 Å². The molecule has 12 rings (SSSR count). The molecule has 0 bridgehead atoms. The molecule has 2 heteroatoms. The van der Waals surface area contributed by atoms with Gasteiger partial charge in [0.05, 0.1) is 0 Å². The molecule has 0 spiro atoms. The minimum absolute atomic E-state index is 0.929. The minimum Gasteiger partial charge on any atom is -0.455 e. The lowest BCUT2D eigenvalue weighted by Gasteiger charge is -2.15. The Kier molecular flexibility index (Phi) is 7.47. The first-order chi connectivity index (χ1) is 28.8. The van der Waals surface area contributed by atoms with Gasteiger partial charge in [0.15, 0.2) is 0 Å². The summed E-state index contributed by atoms with van der Waals surface area (Å²) in [6.07, 6.45) is 0. The van der Waals surface area contributed by atoms with Crippen LogP contribution >= 0.6 is 11.3 Å². The second kappa shape index (κ2) is 13.2. The molecule has 270 valence electrons. The summed E-state index contributed by atoms with van der Waals surface area (Å²) >= 11 is 1.89. The Balaban J connectivity index is 1.09. The Morgan fingerprint density at radius 3 is 1.53 bits per heavy atom. The highest BCUT2D eigenvalue weighted by atomic mass is 32.1. The van der Waals surface area contributed by atoms with E-state index in [0.29, 0.717) is 0 Å². The molecule has 0 aliphatic rings. The maximum absolute atomic E-state index is 6.58. The van der Waals surface area contributed by atoms with Crippen LogP contribution in [0.2, 0.25) is 0 Å². The fourth-order valence-corrected chi connectivity index (χ4v) is 10.6. The number of hydrogen-bond donors (Lipinski definition) is 0. The van der Waals surface area contributed by atoms with E-state index in [1.807, 2.05) is 11.3 Å². The van der Waals surface area contributed by atoms with Gasteiger partial charge in [0.25, 0.3) is 0 Å². The van der Waals surface area contributed by atoms with Gasteiger partial charge >= 0.3 is 0 Å². The van der Waals surface area contributed by atoms with Crippen LogP contribution in [-0.4, -0.2) is 0 Å². The Morgan fingerprint density at radius 2 is 0.810 bits per heavy atom. The lowest BCUT2D eigenvalue weighted by Crippen LogP contribution is -1.88. The van der Waals surface area contributed by atoms with Crippen LogP contribution in [0.3, 0.4) is 0 Å². The standard InChI is InChI=1S/C56H34OS/c1-2-4-20-45(44-24-10-9-23-43(44)41(19-3-1)40-28-15-17-35-16-5-6-18-37(35)40)46-33-32-38(39-21-7-8-22-42(39)46)36-30-31-50-52(34-36)58-56-48-26-12-11-25-47(48)55-53(54(50)56)49-27-13-14-29-51(49)57-55/h1-34H. The first-order valence-electron chi connectivity index (χ1n) is 19.8. The molecule has 0 aliphatic heterocycles. The number of benzene rings is 9. The number of hydrogen-bond acceptors (Lipinski definition) is 2. The zero-order valence-electron chi connectivity index (χ0n) is 31.4. The van der Waals surface area contributed by atoms with Gasteiger partial charge in [0.1, 0.15) is 11.2 Å². The highest BCUT2D eigenvalue weighted by Crippen LogP contribution is 2.48. The van der Waals surface area contributed by atoms with E-state index < -0.39 is 0 Å². The predicted octanol–water partition coefficient (Wildman–Crippen LogP) is 16.7. The van der Waals surface area contributed by atoms with E-state index in [0.717, 1.165) is 16.6 Å². The van der Waals surface area contributed by atoms with Gasteiger partial charge in [-0.2, -0.15) is 0 Å². The minimum atomic E-state index is 0.929. The first kappa shape index (κ1) is 32.9. The van der Waals surface area contributed by atoms with Gasteiger partial charge in [0, 0.05) is 41.7 Å². The van der Waals surface area contributed by atoms with Crippen molar-refractivity contribution in [3.05, 3.63) is 206 Å². The quantitative estimate of drug-likeness (QED) is 0.175. The fraction of sp³-hybridized carbons (Fsp3) is 0. The number of fused-ring (bicyclic) bond motifs is 13. The third kappa shape index (κ3) is 5.02. The van der Waals surface area contributed by atoms with Crippen LogP contribution in [0.15, 0.2) is 211 Å². The molecule has 2 aromatic heterocycles. The third-order valence-electron chi connectivity index (χ3n) is 11.9. The Labute approximate surface area is 339 Å². The van der Waals surface area contributed by atoms with Crippen LogP contribution in [0, 0.1) is 0 Å². The largest absolute Gasteiger partial charge is 0.455 e. The maximum Gasteiger partial charge on any atom is 0.143 e.